The average molecular weight is 366 g/mol. The number of nitrogens with zero attached hydrogens (tertiary/aromatic N) is 1. The largest absolute Gasteiger partial charge is 0.466 e. The van der Waals surface area contributed by atoms with E-state index in [9.17, 15) is 9.59 Å². The van der Waals surface area contributed by atoms with Crippen molar-refractivity contribution >= 4 is 17.6 Å². The number of amides is 1. The number of rotatable bonds is 6. The molecule has 1 aliphatic heterocycles. The molecule has 1 amide bonds. The maximum absolute atomic E-state index is 13.1. The molecule has 1 saturated heterocycles. The Labute approximate surface area is 160 Å². The van der Waals surface area contributed by atoms with Crippen LogP contribution < -0.4 is 5.32 Å². The maximum atomic E-state index is 13.1. The van der Waals surface area contributed by atoms with Crippen molar-refractivity contribution in [1.29, 1.82) is 0 Å². The van der Waals surface area contributed by atoms with Gasteiger partial charge >= 0.3 is 5.97 Å². The average Bonchev–Trinajstić information content (AvgIpc) is 2.70. The molecule has 0 radical (unpaired) electrons. The standard InChI is InChI=1S/C22H26N2O3/c1-2-27-22(26)18-12-9-15-24(16-18)20(17-10-5-3-6-11-17)21(25)23-19-13-7-4-8-14-19/h3-8,10-11,13-14,18,20H,2,9,12,15-16H2,1H3,(H,23,25). The van der Waals surface area contributed by atoms with E-state index in [1.54, 1.807) is 0 Å². The third kappa shape index (κ3) is 4.95. The lowest BCUT2D eigenvalue weighted by Gasteiger charge is -2.36. The number of ether oxygens (including phenoxy) is 1. The van der Waals surface area contributed by atoms with E-state index in [1.165, 1.54) is 0 Å². The molecule has 0 aromatic heterocycles. The zero-order valence-corrected chi connectivity index (χ0v) is 15.6. The SMILES string of the molecule is CCOC(=O)C1CCCN(C(C(=O)Nc2ccccc2)c2ccccc2)C1. The van der Waals surface area contributed by atoms with Crippen LogP contribution in [0, 0.1) is 5.92 Å². The topological polar surface area (TPSA) is 58.6 Å². The van der Waals surface area contributed by atoms with E-state index < -0.39 is 6.04 Å². The third-order valence-corrected chi connectivity index (χ3v) is 4.84. The van der Waals surface area contributed by atoms with Gasteiger partial charge in [-0.3, -0.25) is 14.5 Å². The van der Waals surface area contributed by atoms with Gasteiger partial charge in [0.25, 0.3) is 0 Å². The van der Waals surface area contributed by atoms with Crippen molar-refractivity contribution in [2.75, 3.05) is 25.0 Å². The smallest absolute Gasteiger partial charge is 0.310 e. The summed E-state index contributed by atoms with van der Waals surface area (Å²) in [5, 5.41) is 3.01. The van der Waals surface area contributed by atoms with Gasteiger partial charge in [0.2, 0.25) is 5.91 Å². The van der Waals surface area contributed by atoms with Crippen LogP contribution in [0.25, 0.3) is 0 Å². The van der Waals surface area contributed by atoms with Gasteiger partial charge < -0.3 is 10.1 Å². The number of para-hydroxylation sites is 1. The van der Waals surface area contributed by atoms with Crippen molar-refractivity contribution in [2.45, 2.75) is 25.8 Å². The number of hydrogen-bond acceptors (Lipinski definition) is 4. The molecule has 3 rings (SSSR count). The second-order valence-corrected chi connectivity index (χ2v) is 6.75. The number of anilines is 1. The molecule has 2 aromatic carbocycles. The molecule has 0 aliphatic carbocycles. The second-order valence-electron chi connectivity index (χ2n) is 6.75. The van der Waals surface area contributed by atoms with Crippen LogP contribution in [-0.4, -0.2) is 36.5 Å². The number of hydrogen-bond donors (Lipinski definition) is 1. The van der Waals surface area contributed by atoms with Gasteiger partial charge in [0.15, 0.2) is 0 Å². The molecule has 0 bridgehead atoms. The monoisotopic (exact) mass is 366 g/mol. The summed E-state index contributed by atoms with van der Waals surface area (Å²) >= 11 is 0. The number of carbonyl (C=O) groups is 2. The zero-order valence-electron chi connectivity index (χ0n) is 15.6. The molecule has 2 aromatic rings. The highest BCUT2D eigenvalue weighted by molar-refractivity contribution is 5.95. The number of likely N-dealkylation sites (tertiary alicyclic amines) is 1. The predicted octanol–water partition coefficient (Wildman–Crippen LogP) is 3.64. The molecule has 0 saturated carbocycles. The molecule has 27 heavy (non-hydrogen) atoms. The Balaban J connectivity index is 1.81. The first-order valence-electron chi connectivity index (χ1n) is 9.50. The van der Waals surface area contributed by atoms with E-state index in [2.05, 4.69) is 10.2 Å². The van der Waals surface area contributed by atoms with Gasteiger partial charge in [-0.25, -0.2) is 0 Å². The summed E-state index contributed by atoms with van der Waals surface area (Å²) in [4.78, 5) is 27.5. The Hall–Kier alpha value is -2.66. The minimum absolute atomic E-state index is 0.0862. The van der Waals surface area contributed by atoms with E-state index in [-0.39, 0.29) is 17.8 Å². The van der Waals surface area contributed by atoms with Crippen molar-refractivity contribution in [3.8, 4) is 0 Å². The van der Waals surface area contributed by atoms with Gasteiger partial charge in [0.05, 0.1) is 12.5 Å². The molecular weight excluding hydrogens is 340 g/mol. The van der Waals surface area contributed by atoms with Crippen molar-refractivity contribution in [1.82, 2.24) is 4.90 Å². The summed E-state index contributed by atoms with van der Waals surface area (Å²) in [6, 6.07) is 18.7. The number of nitrogens with one attached hydrogen (secondary N) is 1. The van der Waals surface area contributed by atoms with Gasteiger partial charge in [0, 0.05) is 12.2 Å². The Morgan fingerprint density at radius 3 is 2.44 bits per heavy atom. The summed E-state index contributed by atoms with van der Waals surface area (Å²) in [6.45, 7) is 3.50. The first-order valence-corrected chi connectivity index (χ1v) is 9.50. The summed E-state index contributed by atoms with van der Waals surface area (Å²) in [7, 11) is 0. The minimum atomic E-state index is -0.441. The summed E-state index contributed by atoms with van der Waals surface area (Å²) in [5.41, 5.74) is 1.69. The Morgan fingerprint density at radius 1 is 1.11 bits per heavy atom. The molecule has 142 valence electrons. The highest BCUT2D eigenvalue weighted by Crippen LogP contribution is 2.29. The van der Waals surface area contributed by atoms with E-state index in [0.717, 1.165) is 30.6 Å². The molecule has 2 atom stereocenters. The van der Waals surface area contributed by atoms with Crippen LogP contribution >= 0.6 is 0 Å². The normalized spacial score (nSPS) is 18.5. The second kappa shape index (κ2) is 9.33. The van der Waals surface area contributed by atoms with Crippen LogP contribution in [-0.2, 0) is 14.3 Å². The van der Waals surface area contributed by atoms with Crippen LogP contribution in [0.2, 0.25) is 0 Å². The molecule has 5 heteroatoms. The quantitative estimate of drug-likeness (QED) is 0.793. The maximum Gasteiger partial charge on any atom is 0.310 e. The van der Waals surface area contributed by atoms with Crippen LogP contribution in [0.4, 0.5) is 5.69 Å². The van der Waals surface area contributed by atoms with E-state index >= 15 is 0 Å². The fraction of sp³-hybridized carbons (Fsp3) is 0.364. The minimum Gasteiger partial charge on any atom is -0.466 e. The van der Waals surface area contributed by atoms with E-state index in [1.807, 2.05) is 67.6 Å². The van der Waals surface area contributed by atoms with Crippen LogP contribution in [0.15, 0.2) is 60.7 Å². The number of benzene rings is 2. The van der Waals surface area contributed by atoms with Crippen molar-refractivity contribution in [3.05, 3.63) is 66.2 Å². The lowest BCUT2D eigenvalue weighted by atomic mass is 9.94. The molecule has 1 N–H and O–H groups in total. The lowest BCUT2D eigenvalue weighted by Crippen LogP contribution is -2.45. The zero-order chi connectivity index (χ0) is 19.1. The number of carbonyl (C=O) groups excluding carboxylic acids is 2. The highest BCUT2D eigenvalue weighted by atomic mass is 16.5. The fourth-order valence-corrected chi connectivity index (χ4v) is 3.59. The Morgan fingerprint density at radius 2 is 1.78 bits per heavy atom. The van der Waals surface area contributed by atoms with Crippen molar-refractivity contribution < 1.29 is 14.3 Å². The van der Waals surface area contributed by atoms with Gasteiger partial charge in [-0.05, 0) is 44.0 Å². The highest BCUT2D eigenvalue weighted by Gasteiger charge is 2.34. The van der Waals surface area contributed by atoms with Gasteiger partial charge in [-0.15, -0.1) is 0 Å². The molecule has 1 heterocycles. The molecule has 1 aliphatic rings. The molecule has 0 spiro atoms. The third-order valence-electron chi connectivity index (χ3n) is 4.84. The lowest BCUT2D eigenvalue weighted by molar-refractivity contribution is -0.151. The fourth-order valence-electron chi connectivity index (χ4n) is 3.59. The van der Waals surface area contributed by atoms with Gasteiger partial charge in [-0.1, -0.05) is 48.5 Å². The van der Waals surface area contributed by atoms with Crippen LogP contribution in [0.1, 0.15) is 31.4 Å². The van der Waals surface area contributed by atoms with E-state index in [0.29, 0.717) is 13.2 Å². The van der Waals surface area contributed by atoms with Crippen LogP contribution in [0.5, 0.6) is 0 Å². The van der Waals surface area contributed by atoms with Crippen LogP contribution in [0.3, 0.4) is 0 Å². The molecular formula is C22H26N2O3. The Bertz CT molecular complexity index is 749. The summed E-state index contributed by atoms with van der Waals surface area (Å²) in [5.74, 6) is -0.441. The first kappa shape index (κ1) is 19.1. The first-order chi connectivity index (χ1) is 13.2. The van der Waals surface area contributed by atoms with Gasteiger partial charge in [0.1, 0.15) is 6.04 Å². The van der Waals surface area contributed by atoms with Crippen molar-refractivity contribution in [3.63, 3.8) is 0 Å². The summed E-state index contributed by atoms with van der Waals surface area (Å²) in [6.07, 6.45) is 1.67. The van der Waals surface area contributed by atoms with Gasteiger partial charge in [-0.2, -0.15) is 0 Å². The molecule has 1 fully saturated rings. The Kier molecular flexibility index (Phi) is 6.60. The number of piperidine rings is 1. The number of esters is 1. The van der Waals surface area contributed by atoms with Crippen molar-refractivity contribution in [2.24, 2.45) is 5.92 Å². The molecule has 5 nitrogen and oxygen atoms in total. The summed E-state index contributed by atoms with van der Waals surface area (Å²) < 4.78 is 5.21. The van der Waals surface area contributed by atoms with E-state index in [4.69, 9.17) is 4.74 Å². The molecule has 2 unspecified atom stereocenters. The predicted molar refractivity (Wildman–Crippen MR) is 105 cm³/mol.